The largest absolute Gasteiger partial charge is 0.493 e. The second kappa shape index (κ2) is 5.37. The quantitative estimate of drug-likeness (QED) is 0.703. The van der Waals surface area contributed by atoms with Crippen molar-refractivity contribution in [1.82, 2.24) is 0 Å². The predicted molar refractivity (Wildman–Crippen MR) is 59.1 cm³/mol. The molecule has 7 nitrogen and oxygen atoms in total. The summed E-state index contributed by atoms with van der Waals surface area (Å²) >= 11 is 0. The molecule has 3 N–H and O–H groups in total. The molecular weight excluding hydrogens is 244 g/mol. The van der Waals surface area contributed by atoms with E-state index in [1.54, 1.807) is 0 Å². The number of benzene rings is 1. The highest BCUT2D eigenvalue weighted by molar-refractivity contribution is 5.93. The number of rotatable bonds is 5. The minimum atomic E-state index is -1.83. The summed E-state index contributed by atoms with van der Waals surface area (Å²) in [7, 11) is 2.54. The highest BCUT2D eigenvalue weighted by Crippen LogP contribution is 2.34. The number of aromatic carboxylic acids is 1. The molecule has 0 heterocycles. The molecule has 0 aliphatic carbocycles. The molecular formula is C11H12O7. The molecule has 7 heteroatoms. The first-order chi connectivity index (χ1) is 8.42. The van der Waals surface area contributed by atoms with Crippen LogP contribution >= 0.6 is 0 Å². The predicted octanol–water partition coefficient (Wildman–Crippen LogP) is 0.520. The van der Waals surface area contributed by atoms with Crippen LogP contribution in [0, 0.1) is 0 Å². The average Bonchev–Trinajstić information content (AvgIpc) is 2.35. The molecule has 0 amide bonds. The zero-order valence-electron chi connectivity index (χ0n) is 9.71. The molecule has 1 rings (SSSR count). The zero-order valence-corrected chi connectivity index (χ0v) is 9.71. The molecule has 1 unspecified atom stereocenters. The molecule has 0 saturated carbocycles. The van der Waals surface area contributed by atoms with E-state index in [1.807, 2.05) is 0 Å². The molecule has 98 valence electrons. The van der Waals surface area contributed by atoms with Gasteiger partial charge in [0.2, 0.25) is 0 Å². The first-order valence-corrected chi connectivity index (χ1v) is 4.82. The third-order valence-corrected chi connectivity index (χ3v) is 2.28. The van der Waals surface area contributed by atoms with E-state index >= 15 is 0 Å². The summed E-state index contributed by atoms with van der Waals surface area (Å²) < 4.78 is 9.79. The van der Waals surface area contributed by atoms with Crippen molar-refractivity contribution in [2.24, 2.45) is 0 Å². The molecule has 0 aliphatic heterocycles. The molecule has 0 aliphatic rings. The van der Waals surface area contributed by atoms with Crippen molar-refractivity contribution in [3.63, 3.8) is 0 Å². The minimum Gasteiger partial charge on any atom is -0.493 e. The summed E-state index contributed by atoms with van der Waals surface area (Å²) in [6.45, 7) is 0. The zero-order chi connectivity index (χ0) is 13.9. The third-order valence-electron chi connectivity index (χ3n) is 2.28. The number of aliphatic hydroxyl groups excluding tert-OH is 1. The van der Waals surface area contributed by atoms with Crippen LogP contribution in [0.25, 0.3) is 0 Å². The lowest BCUT2D eigenvalue weighted by Crippen LogP contribution is -2.12. The van der Waals surface area contributed by atoms with Crippen LogP contribution in [-0.4, -0.2) is 41.5 Å². The van der Waals surface area contributed by atoms with Crippen LogP contribution in [0.2, 0.25) is 0 Å². The van der Waals surface area contributed by atoms with E-state index < -0.39 is 18.0 Å². The number of hydrogen-bond acceptors (Lipinski definition) is 5. The van der Waals surface area contributed by atoms with Gasteiger partial charge < -0.3 is 24.8 Å². The van der Waals surface area contributed by atoms with E-state index in [4.69, 9.17) is 19.7 Å². The van der Waals surface area contributed by atoms with Crippen molar-refractivity contribution in [3.8, 4) is 11.5 Å². The Morgan fingerprint density at radius 3 is 2.17 bits per heavy atom. The van der Waals surface area contributed by atoms with Crippen LogP contribution in [0.15, 0.2) is 12.1 Å². The molecule has 0 saturated heterocycles. The monoisotopic (exact) mass is 256 g/mol. The lowest BCUT2D eigenvalue weighted by Gasteiger charge is -2.14. The fraction of sp³-hybridized carbons (Fsp3) is 0.273. The van der Waals surface area contributed by atoms with Crippen molar-refractivity contribution >= 4 is 11.9 Å². The summed E-state index contributed by atoms with van der Waals surface area (Å²) in [5, 5.41) is 27.1. The van der Waals surface area contributed by atoms with E-state index in [9.17, 15) is 14.7 Å². The van der Waals surface area contributed by atoms with Gasteiger partial charge in [0.15, 0.2) is 17.6 Å². The van der Waals surface area contributed by atoms with Gasteiger partial charge in [-0.25, -0.2) is 9.59 Å². The highest BCUT2D eigenvalue weighted by atomic mass is 16.5. The number of hydrogen-bond donors (Lipinski definition) is 3. The fourth-order valence-electron chi connectivity index (χ4n) is 1.45. The van der Waals surface area contributed by atoms with Crippen molar-refractivity contribution < 1.29 is 34.4 Å². The van der Waals surface area contributed by atoms with E-state index in [-0.39, 0.29) is 22.6 Å². The number of aliphatic carboxylic acids is 1. The summed E-state index contributed by atoms with van der Waals surface area (Å²) in [5.74, 6) is -2.80. The Morgan fingerprint density at radius 2 is 1.78 bits per heavy atom. The Kier molecular flexibility index (Phi) is 4.11. The highest BCUT2D eigenvalue weighted by Gasteiger charge is 2.23. The van der Waals surface area contributed by atoms with Gasteiger partial charge in [0, 0.05) is 0 Å². The Hall–Kier alpha value is -2.28. The Morgan fingerprint density at radius 1 is 1.17 bits per heavy atom. The van der Waals surface area contributed by atoms with Gasteiger partial charge in [0.25, 0.3) is 0 Å². The lowest BCUT2D eigenvalue weighted by atomic mass is 10.0. The molecule has 0 spiro atoms. The van der Waals surface area contributed by atoms with Gasteiger partial charge >= 0.3 is 11.9 Å². The standard InChI is InChI=1S/C11H12O7/c1-17-7-4-5(8(12)11(15)16)3-6(10(13)14)9(7)18-2/h3-4,8,12H,1-2H3,(H,13,14)(H,15,16). The number of carboxylic acids is 2. The molecule has 1 aromatic rings. The molecule has 1 atom stereocenters. The number of carbonyl (C=O) groups is 2. The van der Waals surface area contributed by atoms with Crippen molar-refractivity contribution in [2.75, 3.05) is 14.2 Å². The van der Waals surface area contributed by atoms with E-state index in [0.717, 1.165) is 6.07 Å². The second-order valence-electron chi connectivity index (χ2n) is 3.35. The van der Waals surface area contributed by atoms with Crippen LogP contribution in [0.4, 0.5) is 0 Å². The van der Waals surface area contributed by atoms with Crippen LogP contribution in [0.5, 0.6) is 11.5 Å². The third kappa shape index (κ3) is 2.51. The van der Waals surface area contributed by atoms with Gasteiger partial charge in [-0.1, -0.05) is 0 Å². The number of aliphatic hydroxyl groups is 1. The van der Waals surface area contributed by atoms with Crippen molar-refractivity contribution in [1.29, 1.82) is 0 Å². The number of ether oxygens (including phenoxy) is 2. The van der Waals surface area contributed by atoms with E-state index in [0.29, 0.717) is 0 Å². The van der Waals surface area contributed by atoms with Gasteiger partial charge in [-0.15, -0.1) is 0 Å². The van der Waals surface area contributed by atoms with Gasteiger partial charge in [-0.3, -0.25) is 0 Å². The van der Waals surface area contributed by atoms with Crippen LogP contribution in [0.3, 0.4) is 0 Å². The van der Waals surface area contributed by atoms with E-state index in [1.165, 1.54) is 20.3 Å². The van der Waals surface area contributed by atoms with Crippen LogP contribution in [0.1, 0.15) is 22.0 Å². The minimum absolute atomic E-state index is 0.0349. The molecule has 18 heavy (non-hydrogen) atoms. The molecule has 1 aromatic carbocycles. The SMILES string of the molecule is COc1cc(C(O)C(=O)O)cc(C(=O)O)c1OC. The average molecular weight is 256 g/mol. The second-order valence-corrected chi connectivity index (χ2v) is 3.35. The molecule has 0 aromatic heterocycles. The molecule has 0 bridgehead atoms. The summed E-state index contributed by atoms with van der Waals surface area (Å²) in [6, 6.07) is 2.24. The Labute approximate surface area is 102 Å². The van der Waals surface area contributed by atoms with Gasteiger partial charge in [0.1, 0.15) is 5.56 Å². The van der Waals surface area contributed by atoms with Gasteiger partial charge in [0.05, 0.1) is 14.2 Å². The first-order valence-electron chi connectivity index (χ1n) is 4.82. The van der Waals surface area contributed by atoms with Crippen molar-refractivity contribution in [3.05, 3.63) is 23.3 Å². The lowest BCUT2D eigenvalue weighted by molar-refractivity contribution is -0.146. The smallest absolute Gasteiger partial charge is 0.339 e. The van der Waals surface area contributed by atoms with Gasteiger partial charge in [-0.2, -0.15) is 0 Å². The Balaban J connectivity index is 3.45. The summed E-state index contributed by atoms with van der Waals surface area (Å²) in [4.78, 5) is 21.7. The first kappa shape index (κ1) is 13.8. The maximum atomic E-state index is 11.0. The van der Waals surface area contributed by atoms with Crippen LogP contribution < -0.4 is 9.47 Å². The summed E-state index contributed by atoms with van der Waals surface area (Å²) in [6.07, 6.45) is -1.83. The molecule has 0 radical (unpaired) electrons. The van der Waals surface area contributed by atoms with E-state index in [2.05, 4.69) is 0 Å². The summed E-state index contributed by atoms with van der Waals surface area (Å²) in [5.41, 5.74) is -0.385. The topological polar surface area (TPSA) is 113 Å². The Bertz CT molecular complexity index is 481. The van der Waals surface area contributed by atoms with Gasteiger partial charge in [-0.05, 0) is 17.7 Å². The fourth-order valence-corrected chi connectivity index (χ4v) is 1.45. The maximum absolute atomic E-state index is 11.0. The normalized spacial score (nSPS) is 11.7. The molecule has 0 fully saturated rings. The maximum Gasteiger partial charge on any atom is 0.339 e. The number of carboxylic acid groups (broad SMARTS) is 2. The number of methoxy groups -OCH3 is 2. The van der Waals surface area contributed by atoms with Crippen molar-refractivity contribution in [2.45, 2.75) is 6.10 Å². The van der Waals surface area contributed by atoms with Crippen LogP contribution in [-0.2, 0) is 4.79 Å².